The number of pyridine rings is 1. The number of halogens is 3. The molecular formula is C19H20Cl3N3O. The maximum Gasteiger partial charge on any atom is 0.226 e. The molecule has 7 heteroatoms. The van der Waals surface area contributed by atoms with Crippen molar-refractivity contribution in [1.29, 1.82) is 0 Å². The van der Waals surface area contributed by atoms with Gasteiger partial charge in [-0.2, -0.15) is 0 Å². The number of aromatic nitrogens is 1. The van der Waals surface area contributed by atoms with Crippen molar-refractivity contribution in [3.05, 3.63) is 63.9 Å². The van der Waals surface area contributed by atoms with Gasteiger partial charge in [-0.25, -0.2) is 0 Å². The van der Waals surface area contributed by atoms with Crippen LogP contribution < -0.4 is 5.32 Å². The predicted molar refractivity (Wildman–Crippen MR) is 106 cm³/mol. The molecule has 1 aliphatic carbocycles. The Kier molecular flexibility index (Phi) is 6.08. The first-order valence-corrected chi connectivity index (χ1v) is 9.27. The summed E-state index contributed by atoms with van der Waals surface area (Å²) in [4.78, 5) is 19.3. The van der Waals surface area contributed by atoms with E-state index in [0.29, 0.717) is 16.6 Å². The van der Waals surface area contributed by atoms with Crippen molar-refractivity contribution in [2.24, 2.45) is 5.92 Å². The lowest BCUT2D eigenvalue weighted by atomic mass is 10.0. The molecule has 4 nitrogen and oxygen atoms in total. The Morgan fingerprint density at radius 2 is 2.08 bits per heavy atom. The van der Waals surface area contributed by atoms with Crippen LogP contribution in [0.2, 0.25) is 10.0 Å². The molecule has 1 N–H and O–H groups in total. The zero-order valence-corrected chi connectivity index (χ0v) is 16.4. The fourth-order valence-electron chi connectivity index (χ4n) is 3.67. The number of benzene rings is 1. The molecule has 3 atom stereocenters. The van der Waals surface area contributed by atoms with E-state index in [1.807, 2.05) is 35.4 Å². The van der Waals surface area contributed by atoms with E-state index in [-0.39, 0.29) is 36.2 Å². The summed E-state index contributed by atoms with van der Waals surface area (Å²) in [7, 11) is 0. The van der Waals surface area contributed by atoms with Crippen LogP contribution in [0, 0.1) is 5.92 Å². The Labute approximate surface area is 169 Å². The molecule has 0 spiro atoms. The third kappa shape index (κ3) is 3.70. The summed E-state index contributed by atoms with van der Waals surface area (Å²) in [6, 6.07) is 9.63. The highest BCUT2D eigenvalue weighted by Gasteiger charge is 2.48. The number of nitrogens with zero attached hydrogens (tertiary/aromatic N) is 2. The van der Waals surface area contributed by atoms with Gasteiger partial charge < -0.3 is 10.2 Å². The van der Waals surface area contributed by atoms with E-state index in [1.165, 1.54) is 0 Å². The number of carbonyl (C=O) groups is 1. The number of carbonyl (C=O) groups excluding carboxylic acids is 1. The first kappa shape index (κ1) is 19.4. The number of hydrogen-bond donors (Lipinski definition) is 1. The molecule has 2 aromatic rings. The minimum atomic E-state index is -0.00626. The largest absolute Gasteiger partial charge is 0.333 e. The van der Waals surface area contributed by atoms with Gasteiger partial charge >= 0.3 is 0 Å². The lowest BCUT2D eigenvalue weighted by Gasteiger charge is -2.36. The van der Waals surface area contributed by atoms with Crippen LogP contribution in [0.15, 0.2) is 42.7 Å². The fourth-order valence-corrected chi connectivity index (χ4v) is 4.12. The van der Waals surface area contributed by atoms with Gasteiger partial charge in [-0.1, -0.05) is 41.4 Å². The molecule has 1 saturated heterocycles. The monoisotopic (exact) mass is 411 g/mol. The minimum absolute atomic E-state index is 0. The van der Waals surface area contributed by atoms with Crippen LogP contribution in [0.3, 0.4) is 0 Å². The zero-order chi connectivity index (χ0) is 17.4. The van der Waals surface area contributed by atoms with Crippen LogP contribution in [0.25, 0.3) is 0 Å². The van der Waals surface area contributed by atoms with Crippen LogP contribution in [0.1, 0.15) is 29.5 Å². The van der Waals surface area contributed by atoms with Crippen LogP contribution in [0.4, 0.5) is 0 Å². The Balaban J connectivity index is 0.00000196. The Morgan fingerprint density at radius 1 is 1.23 bits per heavy atom. The molecule has 4 rings (SSSR count). The van der Waals surface area contributed by atoms with Gasteiger partial charge in [0.15, 0.2) is 0 Å². The lowest BCUT2D eigenvalue weighted by molar-refractivity contribution is -0.136. The predicted octanol–water partition coefficient (Wildman–Crippen LogP) is 4.09. The topological polar surface area (TPSA) is 45.2 Å². The molecule has 0 radical (unpaired) electrons. The molecule has 26 heavy (non-hydrogen) atoms. The SMILES string of the molecule is Cl.O=C(C1CC1c1cccc(Cl)c1Cl)N1CCNCC1c1cccnc1. The Morgan fingerprint density at radius 3 is 2.85 bits per heavy atom. The molecule has 2 heterocycles. The summed E-state index contributed by atoms with van der Waals surface area (Å²) in [5.41, 5.74) is 2.06. The van der Waals surface area contributed by atoms with Crippen LogP contribution >= 0.6 is 35.6 Å². The average molecular weight is 413 g/mol. The van der Waals surface area contributed by atoms with E-state index in [4.69, 9.17) is 23.2 Å². The molecule has 2 aliphatic rings. The van der Waals surface area contributed by atoms with Crippen LogP contribution in [0.5, 0.6) is 0 Å². The molecule has 1 aromatic carbocycles. The molecular weight excluding hydrogens is 393 g/mol. The Hall–Kier alpha value is -1.33. The van der Waals surface area contributed by atoms with E-state index in [0.717, 1.165) is 30.6 Å². The van der Waals surface area contributed by atoms with Gasteiger partial charge in [-0.3, -0.25) is 9.78 Å². The van der Waals surface area contributed by atoms with Crippen molar-refractivity contribution in [3.8, 4) is 0 Å². The van der Waals surface area contributed by atoms with E-state index in [1.54, 1.807) is 12.3 Å². The van der Waals surface area contributed by atoms with Gasteiger partial charge in [-0.05, 0) is 35.6 Å². The second-order valence-corrected chi connectivity index (χ2v) is 7.41. The lowest BCUT2D eigenvalue weighted by Crippen LogP contribution is -2.49. The summed E-state index contributed by atoms with van der Waals surface area (Å²) in [6.07, 6.45) is 4.43. The van der Waals surface area contributed by atoms with Gasteiger partial charge in [0.1, 0.15) is 0 Å². The quantitative estimate of drug-likeness (QED) is 0.826. The third-order valence-electron chi connectivity index (χ3n) is 5.08. The number of nitrogens with one attached hydrogen (secondary N) is 1. The van der Waals surface area contributed by atoms with Gasteiger partial charge in [0.25, 0.3) is 0 Å². The second-order valence-electron chi connectivity index (χ2n) is 6.63. The van der Waals surface area contributed by atoms with Crippen LogP contribution in [-0.2, 0) is 4.79 Å². The fraction of sp³-hybridized carbons (Fsp3) is 0.368. The number of amides is 1. The van der Waals surface area contributed by atoms with Crippen molar-refractivity contribution >= 4 is 41.5 Å². The molecule has 138 valence electrons. The zero-order valence-electron chi connectivity index (χ0n) is 14.1. The Bertz CT molecular complexity index is 787. The molecule has 3 unspecified atom stereocenters. The van der Waals surface area contributed by atoms with Crippen molar-refractivity contribution in [1.82, 2.24) is 15.2 Å². The maximum atomic E-state index is 13.1. The standard InChI is InChI=1S/C19H19Cl2N3O.ClH/c20-16-5-1-4-13(18(16)21)14-9-15(14)19(25)24-8-7-23-11-17(24)12-3-2-6-22-10-12;/h1-6,10,14-15,17,23H,7-9,11H2;1H. The smallest absolute Gasteiger partial charge is 0.226 e. The number of rotatable bonds is 3. The molecule has 1 aliphatic heterocycles. The number of hydrogen-bond acceptors (Lipinski definition) is 3. The maximum absolute atomic E-state index is 13.1. The van der Waals surface area contributed by atoms with Gasteiger partial charge in [0.2, 0.25) is 5.91 Å². The first-order chi connectivity index (χ1) is 12.2. The van der Waals surface area contributed by atoms with Gasteiger partial charge in [-0.15, -0.1) is 12.4 Å². The summed E-state index contributed by atoms with van der Waals surface area (Å²) in [5, 5.41) is 4.50. The summed E-state index contributed by atoms with van der Waals surface area (Å²) in [6.45, 7) is 2.29. The van der Waals surface area contributed by atoms with Crippen molar-refractivity contribution in [3.63, 3.8) is 0 Å². The van der Waals surface area contributed by atoms with Crippen molar-refractivity contribution in [2.45, 2.75) is 18.4 Å². The molecule has 2 fully saturated rings. The second kappa shape index (κ2) is 8.13. The highest BCUT2D eigenvalue weighted by Crippen LogP contribution is 2.52. The van der Waals surface area contributed by atoms with Gasteiger partial charge in [0, 0.05) is 37.9 Å². The molecule has 1 saturated carbocycles. The van der Waals surface area contributed by atoms with E-state index < -0.39 is 0 Å². The molecule has 1 amide bonds. The summed E-state index contributed by atoms with van der Waals surface area (Å²) >= 11 is 12.5. The van der Waals surface area contributed by atoms with E-state index in [9.17, 15) is 4.79 Å². The van der Waals surface area contributed by atoms with E-state index in [2.05, 4.69) is 10.3 Å². The minimum Gasteiger partial charge on any atom is -0.333 e. The highest BCUT2D eigenvalue weighted by molar-refractivity contribution is 6.42. The van der Waals surface area contributed by atoms with E-state index >= 15 is 0 Å². The van der Waals surface area contributed by atoms with Crippen molar-refractivity contribution < 1.29 is 4.79 Å². The summed E-state index contributed by atoms with van der Waals surface area (Å²) in [5.74, 6) is 0.368. The average Bonchev–Trinajstić information content (AvgIpc) is 3.45. The third-order valence-corrected chi connectivity index (χ3v) is 5.92. The number of piperazine rings is 1. The highest BCUT2D eigenvalue weighted by atomic mass is 35.5. The van der Waals surface area contributed by atoms with Gasteiger partial charge in [0.05, 0.1) is 16.1 Å². The first-order valence-electron chi connectivity index (χ1n) is 8.52. The molecule has 1 aromatic heterocycles. The van der Waals surface area contributed by atoms with Crippen LogP contribution in [-0.4, -0.2) is 35.4 Å². The van der Waals surface area contributed by atoms with Crippen molar-refractivity contribution in [2.75, 3.05) is 19.6 Å². The molecule has 0 bridgehead atoms. The normalized spacial score (nSPS) is 24.7. The summed E-state index contributed by atoms with van der Waals surface area (Å²) < 4.78 is 0.